The molecule has 0 radical (unpaired) electrons. The Bertz CT molecular complexity index is 680. The minimum atomic E-state index is -1.53. The van der Waals surface area contributed by atoms with Crippen LogP contribution >= 0.6 is 0 Å². The molecular weight excluding hydrogens is 295 g/mol. The molecule has 0 saturated carbocycles. The van der Waals surface area contributed by atoms with Gasteiger partial charge in [0.1, 0.15) is 11.6 Å². The van der Waals surface area contributed by atoms with E-state index in [0.29, 0.717) is 0 Å². The largest absolute Gasteiger partial charge is 0.480 e. The second kappa shape index (κ2) is 4.95. The van der Waals surface area contributed by atoms with E-state index in [0.717, 1.165) is 12.1 Å². The fourth-order valence-corrected chi connectivity index (χ4v) is 2.70. The average Bonchev–Trinajstić information content (AvgIpc) is 2.74. The van der Waals surface area contributed by atoms with Crippen molar-refractivity contribution < 1.29 is 23.5 Å². The predicted molar refractivity (Wildman–Crippen MR) is 71.0 cm³/mol. The first-order valence-corrected chi connectivity index (χ1v) is 6.53. The van der Waals surface area contributed by atoms with E-state index in [1.54, 1.807) is 0 Å². The lowest BCUT2D eigenvalue weighted by Crippen LogP contribution is -2.55. The van der Waals surface area contributed by atoms with Gasteiger partial charge in [0.15, 0.2) is 11.6 Å². The van der Waals surface area contributed by atoms with Gasteiger partial charge in [0.2, 0.25) is 0 Å². The van der Waals surface area contributed by atoms with Crippen LogP contribution in [0.15, 0.2) is 18.2 Å². The predicted octanol–water partition coefficient (Wildman–Crippen LogP) is -0.738. The molecule has 0 aliphatic carbocycles. The number of urea groups is 1. The van der Waals surface area contributed by atoms with Crippen LogP contribution in [-0.4, -0.2) is 31.0 Å². The molecule has 1 aromatic rings. The van der Waals surface area contributed by atoms with E-state index in [4.69, 9.17) is 4.74 Å². The maximum Gasteiger partial charge on any atom is 0.322 e. The maximum absolute atomic E-state index is 13.5. The van der Waals surface area contributed by atoms with Gasteiger partial charge in [-0.05, 0) is 18.2 Å². The second-order valence-electron chi connectivity index (χ2n) is 5.00. The average molecular weight is 308 g/mol. The van der Waals surface area contributed by atoms with Gasteiger partial charge >= 0.3 is 6.03 Å². The zero-order valence-electron chi connectivity index (χ0n) is 11.5. The smallest absolute Gasteiger partial charge is 0.322 e. The number of carbonyl (C=O) groups is 3. The number of halogens is 1. The number of carbonyl (C=O) groups excluding carboxylic acids is 3. The third kappa shape index (κ3) is 2.06. The second-order valence-corrected chi connectivity index (χ2v) is 5.00. The van der Waals surface area contributed by atoms with Crippen molar-refractivity contribution in [2.45, 2.75) is 18.1 Å². The Morgan fingerprint density at radius 2 is 2.23 bits per heavy atom. The van der Waals surface area contributed by atoms with Crippen LogP contribution in [0.4, 0.5) is 9.18 Å². The summed E-state index contributed by atoms with van der Waals surface area (Å²) in [5.74, 6) is -1.56. The first-order chi connectivity index (χ1) is 10.5. The Morgan fingerprint density at radius 1 is 1.45 bits per heavy atom. The standard InChI is InChI=1S/C13H13FN4O4/c1-15-18-10(19)9-5-13(11(20)16-12(21)17-13)7-4-6(14)2-3-8(7)22-9/h2-4,9,15H,5H2,1H3,(H,18,19)(H2,16,17,20,21)/t9-,13-/m0/s1. The quantitative estimate of drug-likeness (QED) is 0.425. The Morgan fingerprint density at radius 3 is 2.86 bits per heavy atom. The summed E-state index contributed by atoms with van der Waals surface area (Å²) < 4.78 is 19.1. The molecule has 2 atom stereocenters. The highest BCUT2D eigenvalue weighted by molar-refractivity contribution is 6.08. The normalized spacial score (nSPS) is 26.0. The van der Waals surface area contributed by atoms with Crippen LogP contribution in [0.2, 0.25) is 0 Å². The molecule has 1 saturated heterocycles. The van der Waals surface area contributed by atoms with Crippen LogP contribution in [0, 0.1) is 5.82 Å². The number of hydrazine groups is 1. The van der Waals surface area contributed by atoms with Crippen molar-refractivity contribution in [3.63, 3.8) is 0 Å². The maximum atomic E-state index is 13.5. The number of hydrogen-bond donors (Lipinski definition) is 4. The summed E-state index contributed by atoms with van der Waals surface area (Å²) in [5, 5.41) is 4.60. The molecule has 4 N–H and O–H groups in total. The molecule has 1 fully saturated rings. The van der Waals surface area contributed by atoms with Crippen molar-refractivity contribution in [2.75, 3.05) is 7.05 Å². The zero-order chi connectivity index (χ0) is 15.9. The SMILES string of the molecule is CNNC(=O)[C@@H]1C[C@]2(NC(=O)NC2=O)c2cc(F)ccc2O1. The molecule has 1 spiro atoms. The minimum absolute atomic E-state index is 0.144. The zero-order valence-corrected chi connectivity index (χ0v) is 11.5. The summed E-state index contributed by atoms with van der Waals surface area (Å²) in [6.07, 6.45) is -1.16. The highest BCUT2D eigenvalue weighted by Gasteiger charge is 2.54. The van der Waals surface area contributed by atoms with Gasteiger partial charge in [0.25, 0.3) is 11.8 Å². The molecule has 1 aromatic carbocycles. The lowest BCUT2D eigenvalue weighted by atomic mass is 9.81. The minimum Gasteiger partial charge on any atom is -0.480 e. The number of ether oxygens (including phenoxy) is 1. The number of rotatable bonds is 2. The van der Waals surface area contributed by atoms with Crippen LogP contribution < -0.4 is 26.2 Å². The van der Waals surface area contributed by atoms with Crippen molar-refractivity contribution in [3.05, 3.63) is 29.6 Å². The molecule has 2 heterocycles. The first kappa shape index (κ1) is 14.3. The van der Waals surface area contributed by atoms with Crippen molar-refractivity contribution >= 4 is 17.8 Å². The van der Waals surface area contributed by atoms with Gasteiger partial charge in [-0.3, -0.25) is 20.3 Å². The van der Waals surface area contributed by atoms with E-state index >= 15 is 0 Å². The molecule has 116 valence electrons. The summed E-state index contributed by atoms with van der Waals surface area (Å²) >= 11 is 0. The van der Waals surface area contributed by atoms with Gasteiger partial charge in [-0.1, -0.05) is 0 Å². The van der Waals surface area contributed by atoms with E-state index < -0.39 is 35.3 Å². The molecule has 8 nitrogen and oxygen atoms in total. The fraction of sp³-hybridized carbons (Fsp3) is 0.308. The van der Waals surface area contributed by atoms with Crippen molar-refractivity contribution in [1.29, 1.82) is 0 Å². The molecule has 0 bridgehead atoms. The number of hydrogen-bond acceptors (Lipinski definition) is 5. The monoisotopic (exact) mass is 308 g/mol. The van der Waals surface area contributed by atoms with E-state index in [1.807, 2.05) is 0 Å². The van der Waals surface area contributed by atoms with Gasteiger partial charge in [0, 0.05) is 19.0 Å². The van der Waals surface area contributed by atoms with Crippen LogP contribution in [0.1, 0.15) is 12.0 Å². The molecule has 9 heteroatoms. The number of amides is 4. The van der Waals surface area contributed by atoms with Crippen LogP contribution in [0.3, 0.4) is 0 Å². The van der Waals surface area contributed by atoms with Gasteiger partial charge in [-0.15, -0.1) is 0 Å². The number of benzene rings is 1. The first-order valence-electron chi connectivity index (χ1n) is 6.53. The van der Waals surface area contributed by atoms with Crippen LogP contribution in [0.25, 0.3) is 0 Å². The molecule has 2 aliphatic rings. The lowest BCUT2D eigenvalue weighted by Gasteiger charge is -2.36. The molecule has 0 aromatic heterocycles. The fourth-order valence-electron chi connectivity index (χ4n) is 2.70. The number of imide groups is 1. The molecule has 22 heavy (non-hydrogen) atoms. The van der Waals surface area contributed by atoms with Gasteiger partial charge in [-0.2, -0.15) is 0 Å². The summed E-state index contributed by atoms with van der Waals surface area (Å²) in [6.45, 7) is 0. The Balaban J connectivity index is 2.08. The van der Waals surface area contributed by atoms with Crippen LogP contribution in [-0.2, 0) is 15.1 Å². The highest BCUT2D eigenvalue weighted by Crippen LogP contribution is 2.41. The van der Waals surface area contributed by atoms with Gasteiger partial charge in [0.05, 0.1) is 0 Å². The highest BCUT2D eigenvalue weighted by atomic mass is 19.1. The summed E-state index contributed by atoms with van der Waals surface area (Å²) in [6, 6.07) is 2.89. The van der Waals surface area contributed by atoms with E-state index in [-0.39, 0.29) is 17.7 Å². The Labute approximate surface area is 124 Å². The number of fused-ring (bicyclic) bond motifs is 2. The molecular formula is C13H13FN4O4. The lowest BCUT2D eigenvalue weighted by molar-refractivity contribution is -0.133. The molecule has 0 unspecified atom stereocenters. The van der Waals surface area contributed by atoms with Crippen molar-refractivity contribution in [1.82, 2.24) is 21.5 Å². The van der Waals surface area contributed by atoms with Gasteiger partial charge < -0.3 is 10.1 Å². The van der Waals surface area contributed by atoms with Crippen molar-refractivity contribution in [2.24, 2.45) is 0 Å². The molecule has 4 amide bonds. The third-order valence-corrected chi connectivity index (χ3v) is 3.64. The molecule has 3 rings (SSSR count). The van der Waals surface area contributed by atoms with E-state index in [1.165, 1.54) is 13.1 Å². The molecule has 2 aliphatic heterocycles. The number of nitrogens with one attached hydrogen (secondary N) is 4. The Hall–Kier alpha value is -2.68. The summed E-state index contributed by atoms with van der Waals surface area (Å²) in [5.41, 5.74) is 3.49. The van der Waals surface area contributed by atoms with Crippen molar-refractivity contribution in [3.8, 4) is 5.75 Å². The van der Waals surface area contributed by atoms with E-state index in [2.05, 4.69) is 21.5 Å². The summed E-state index contributed by atoms with van der Waals surface area (Å²) in [7, 11) is 1.50. The van der Waals surface area contributed by atoms with E-state index in [9.17, 15) is 18.8 Å². The topological polar surface area (TPSA) is 109 Å². The van der Waals surface area contributed by atoms with Crippen LogP contribution in [0.5, 0.6) is 5.75 Å². The summed E-state index contributed by atoms with van der Waals surface area (Å²) in [4.78, 5) is 35.8. The third-order valence-electron chi connectivity index (χ3n) is 3.64. The Kier molecular flexibility index (Phi) is 3.21. The van der Waals surface area contributed by atoms with Gasteiger partial charge in [-0.25, -0.2) is 14.6 Å².